The molecule has 0 bridgehead atoms. The number of ether oxygens (including phenoxy) is 3. The second-order valence-corrected chi connectivity index (χ2v) is 4.08. The third-order valence-electron chi connectivity index (χ3n) is 2.54. The van der Waals surface area contributed by atoms with E-state index in [2.05, 4.69) is 20.3 Å². The van der Waals surface area contributed by atoms with E-state index in [9.17, 15) is 0 Å². The molecule has 0 unspecified atom stereocenters. The van der Waals surface area contributed by atoms with Crippen LogP contribution in [0.25, 0.3) is 0 Å². The molecule has 7 heteroatoms. The van der Waals surface area contributed by atoms with Crippen LogP contribution in [0.1, 0.15) is 12.8 Å². The summed E-state index contributed by atoms with van der Waals surface area (Å²) in [6.07, 6.45) is 2.60. The molecule has 1 heterocycles. The average Bonchev–Trinajstić information content (AvgIpc) is 3.22. The van der Waals surface area contributed by atoms with Crippen molar-refractivity contribution in [1.82, 2.24) is 15.0 Å². The van der Waals surface area contributed by atoms with E-state index in [0.717, 1.165) is 12.5 Å². The van der Waals surface area contributed by atoms with Gasteiger partial charge in [0.05, 0.1) is 20.8 Å². The maximum Gasteiger partial charge on any atom is 0.324 e. The summed E-state index contributed by atoms with van der Waals surface area (Å²) < 4.78 is 15.4. The first-order valence-electron chi connectivity index (χ1n) is 5.97. The summed E-state index contributed by atoms with van der Waals surface area (Å²) in [5.41, 5.74) is 0. The molecule has 100 valence electrons. The molecule has 1 aliphatic carbocycles. The highest BCUT2D eigenvalue weighted by Gasteiger charge is 2.20. The van der Waals surface area contributed by atoms with Crippen LogP contribution in [-0.4, -0.2) is 48.9 Å². The second-order valence-electron chi connectivity index (χ2n) is 4.08. The van der Waals surface area contributed by atoms with Crippen LogP contribution in [0.2, 0.25) is 0 Å². The van der Waals surface area contributed by atoms with E-state index in [1.165, 1.54) is 27.1 Å². The molecule has 18 heavy (non-hydrogen) atoms. The third kappa shape index (κ3) is 3.99. The van der Waals surface area contributed by atoms with Gasteiger partial charge in [-0.1, -0.05) is 0 Å². The molecule has 0 amide bonds. The van der Waals surface area contributed by atoms with Crippen LogP contribution in [0.15, 0.2) is 0 Å². The third-order valence-corrected chi connectivity index (χ3v) is 2.54. The van der Waals surface area contributed by atoms with Crippen molar-refractivity contribution in [2.75, 3.05) is 39.3 Å². The van der Waals surface area contributed by atoms with Gasteiger partial charge in [0.1, 0.15) is 0 Å². The molecule has 0 saturated heterocycles. The Balaban J connectivity index is 1.75. The van der Waals surface area contributed by atoms with Crippen molar-refractivity contribution in [2.45, 2.75) is 12.8 Å². The highest BCUT2D eigenvalue weighted by molar-refractivity contribution is 5.27. The Morgan fingerprint density at radius 1 is 1.11 bits per heavy atom. The highest BCUT2D eigenvalue weighted by atomic mass is 16.5. The van der Waals surface area contributed by atoms with Gasteiger partial charge < -0.3 is 19.5 Å². The van der Waals surface area contributed by atoms with Crippen molar-refractivity contribution in [3.63, 3.8) is 0 Å². The minimum atomic E-state index is 0.225. The van der Waals surface area contributed by atoms with Crippen molar-refractivity contribution >= 4 is 5.95 Å². The fourth-order valence-corrected chi connectivity index (χ4v) is 1.37. The Kier molecular flexibility index (Phi) is 4.52. The lowest BCUT2D eigenvalue weighted by atomic mass is 10.5. The molecule has 1 aromatic heterocycles. The zero-order valence-corrected chi connectivity index (χ0v) is 10.7. The molecule has 0 aliphatic heterocycles. The van der Waals surface area contributed by atoms with Gasteiger partial charge in [0.15, 0.2) is 0 Å². The summed E-state index contributed by atoms with van der Waals surface area (Å²) in [5, 5.41) is 3.04. The Morgan fingerprint density at radius 3 is 2.33 bits per heavy atom. The van der Waals surface area contributed by atoms with Crippen molar-refractivity contribution in [3.05, 3.63) is 0 Å². The first-order chi connectivity index (χ1) is 8.81. The number of anilines is 1. The van der Waals surface area contributed by atoms with Crippen LogP contribution in [0.3, 0.4) is 0 Å². The number of methoxy groups -OCH3 is 2. The van der Waals surface area contributed by atoms with E-state index >= 15 is 0 Å². The molecule has 0 atom stereocenters. The molecule has 0 aromatic carbocycles. The van der Waals surface area contributed by atoms with Gasteiger partial charge in [0.25, 0.3) is 0 Å². The summed E-state index contributed by atoms with van der Waals surface area (Å²) >= 11 is 0. The van der Waals surface area contributed by atoms with Gasteiger partial charge in [-0.25, -0.2) is 0 Å². The normalized spacial score (nSPS) is 14.3. The van der Waals surface area contributed by atoms with Gasteiger partial charge in [-0.3, -0.25) is 0 Å². The lowest BCUT2D eigenvalue weighted by Gasteiger charge is -2.07. The van der Waals surface area contributed by atoms with Crippen molar-refractivity contribution < 1.29 is 14.2 Å². The predicted molar refractivity (Wildman–Crippen MR) is 65.0 cm³/mol. The zero-order chi connectivity index (χ0) is 12.8. The first-order valence-corrected chi connectivity index (χ1v) is 5.97. The van der Waals surface area contributed by atoms with Crippen molar-refractivity contribution in [1.29, 1.82) is 0 Å². The lowest BCUT2D eigenvalue weighted by Crippen LogP contribution is -2.13. The molecule has 1 fully saturated rings. The molecular weight excluding hydrogens is 236 g/mol. The quantitative estimate of drug-likeness (QED) is 0.685. The fraction of sp³-hybridized carbons (Fsp3) is 0.727. The number of nitrogens with one attached hydrogen (secondary N) is 1. The maximum absolute atomic E-state index is 5.50. The van der Waals surface area contributed by atoms with Crippen LogP contribution in [0.4, 0.5) is 5.95 Å². The molecule has 1 aliphatic rings. The van der Waals surface area contributed by atoms with Crippen LogP contribution >= 0.6 is 0 Å². The minimum absolute atomic E-state index is 0.225. The SMILES string of the molecule is COc1nc(NCCOCC2CC2)nc(OC)n1. The summed E-state index contributed by atoms with van der Waals surface area (Å²) in [6.45, 7) is 2.13. The topological polar surface area (TPSA) is 78.4 Å². The summed E-state index contributed by atoms with van der Waals surface area (Å²) in [4.78, 5) is 12.0. The molecule has 2 rings (SSSR count). The smallest absolute Gasteiger partial charge is 0.324 e. The molecule has 0 radical (unpaired) electrons. The Morgan fingerprint density at radius 2 is 1.78 bits per heavy atom. The zero-order valence-electron chi connectivity index (χ0n) is 10.7. The van der Waals surface area contributed by atoms with E-state index in [0.29, 0.717) is 19.1 Å². The average molecular weight is 254 g/mol. The number of aromatic nitrogens is 3. The Hall–Kier alpha value is -1.63. The van der Waals surface area contributed by atoms with Crippen LogP contribution in [0.5, 0.6) is 12.0 Å². The summed E-state index contributed by atoms with van der Waals surface area (Å²) in [5.74, 6) is 1.20. The number of hydrogen-bond acceptors (Lipinski definition) is 7. The first kappa shape index (κ1) is 12.8. The minimum Gasteiger partial charge on any atom is -0.467 e. The van der Waals surface area contributed by atoms with Gasteiger partial charge in [0.2, 0.25) is 5.95 Å². The van der Waals surface area contributed by atoms with Gasteiger partial charge in [-0.15, -0.1) is 4.98 Å². The van der Waals surface area contributed by atoms with Gasteiger partial charge in [-0.05, 0) is 18.8 Å². The number of hydrogen-bond donors (Lipinski definition) is 1. The van der Waals surface area contributed by atoms with E-state index < -0.39 is 0 Å². The predicted octanol–water partition coefficient (Wildman–Crippen LogP) is 0.727. The lowest BCUT2D eigenvalue weighted by molar-refractivity contribution is 0.133. The molecular formula is C11H18N4O3. The monoisotopic (exact) mass is 254 g/mol. The fourth-order valence-electron chi connectivity index (χ4n) is 1.37. The van der Waals surface area contributed by atoms with Crippen LogP contribution in [0, 0.1) is 5.92 Å². The summed E-state index contributed by atoms with van der Waals surface area (Å²) in [6, 6.07) is 0.450. The van der Waals surface area contributed by atoms with E-state index in [1.54, 1.807) is 0 Å². The van der Waals surface area contributed by atoms with Gasteiger partial charge >= 0.3 is 12.0 Å². The molecule has 1 saturated carbocycles. The second kappa shape index (κ2) is 6.34. The maximum atomic E-state index is 5.50. The molecule has 0 spiro atoms. The molecule has 1 N–H and O–H groups in total. The van der Waals surface area contributed by atoms with Crippen molar-refractivity contribution in [3.8, 4) is 12.0 Å². The number of rotatable bonds is 8. The Labute approximate surface area is 106 Å². The molecule has 1 aromatic rings. The van der Waals surface area contributed by atoms with Crippen LogP contribution < -0.4 is 14.8 Å². The van der Waals surface area contributed by atoms with E-state index in [1.807, 2.05) is 0 Å². The van der Waals surface area contributed by atoms with E-state index in [-0.39, 0.29) is 12.0 Å². The van der Waals surface area contributed by atoms with E-state index in [4.69, 9.17) is 14.2 Å². The summed E-state index contributed by atoms with van der Waals surface area (Å²) in [7, 11) is 2.99. The standard InChI is InChI=1S/C11H18N4O3/c1-16-10-13-9(14-11(15-10)17-2)12-5-6-18-7-8-3-4-8/h8H,3-7H2,1-2H3,(H,12,13,14,15). The number of nitrogens with zero attached hydrogens (tertiary/aromatic N) is 3. The van der Waals surface area contributed by atoms with Crippen molar-refractivity contribution in [2.24, 2.45) is 5.92 Å². The van der Waals surface area contributed by atoms with Crippen LogP contribution in [-0.2, 0) is 4.74 Å². The highest BCUT2D eigenvalue weighted by Crippen LogP contribution is 2.28. The van der Waals surface area contributed by atoms with Gasteiger partial charge in [-0.2, -0.15) is 9.97 Å². The largest absolute Gasteiger partial charge is 0.467 e. The van der Waals surface area contributed by atoms with Gasteiger partial charge in [0, 0.05) is 13.2 Å². The molecule has 7 nitrogen and oxygen atoms in total. The Bertz CT molecular complexity index is 362.